The van der Waals surface area contributed by atoms with Crippen molar-refractivity contribution in [2.24, 2.45) is 0 Å². The van der Waals surface area contributed by atoms with Crippen LogP contribution in [0.3, 0.4) is 0 Å². The monoisotopic (exact) mass is 209 g/mol. The number of hydrogen-bond donors (Lipinski definition) is 1. The molecule has 15 heavy (non-hydrogen) atoms. The Morgan fingerprint density at radius 2 is 2.13 bits per heavy atom. The smallest absolute Gasteiger partial charge is 0.336 e. The standard InChI is InChI=1S/C10H11NO4/c1-6(10(12)13)8-7(14-2)4-5-11-9(8)15-3/h4-5H,1H2,2-3H3,(H,12,13). The van der Waals surface area contributed by atoms with E-state index in [1.165, 1.54) is 20.4 Å². The van der Waals surface area contributed by atoms with Gasteiger partial charge in [-0.1, -0.05) is 6.58 Å². The number of carbonyl (C=O) groups is 1. The maximum absolute atomic E-state index is 10.8. The van der Waals surface area contributed by atoms with Gasteiger partial charge in [0.25, 0.3) is 0 Å². The predicted molar refractivity (Wildman–Crippen MR) is 54.0 cm³/mol. The highest BCUT2D eigenvalue weighted by Gasteiger charge is 2.19. The molecule has 0 aliphatic carbocycles. The van der Waals surface area contributed by atoms with Gasteiger partial charge in [0.05, 0.1) is 25.4 Å². The van der Waals surface area contributed by atoms with E-state index in [0.717, 1.165) is 0 Å². The van der Waals surface area contributed by atoms with Crippen molar-refractivity contribution in [2.75, 3.05) is 14.2 Å². The Morgan fingerprint density at radius 1 is 1.47 bits per heavy atom. The molecule has 0 saturated heterocycles. The summed E-state index contributed by atoms with van der Waals surface area (Å²) in [6.07, 6.45) is 1.47. The summed E-state index contributed by atoms with van der Waals surface area (Å²) < 4.78 is 9.96. The molecule has 5 nitrogen and oxygen atoms in total. The van der Waals surface area contributed by atoms with Crippen LogP contribution in [0.4, 0.5) is 0 Å². The molecule has 0 spiro atoms. The van der Waals surface area contributed by atoms with Crippen LogP contribution in [-0.4, -0.2) is 30.3 Å². The van der Waals surface area contributed by atoms with Crippen molar-refractivity contribution in [3.05, 3.63) is 24.4 Å². The van der Waals surface area contributed by atoms with E-state index in [9.17, 15) is 4.79 Å². The molecule has 1 N–H and O–H groups in total. The van der Waals surface area contributed by atoms with E-state index in [0.29, 0.717) is 5.75 Å². The van der Waals surface area contributed by atoms with Gasteiger partial charge in [-0.2, -0.15) is 0 Å². The largest absolute Gasteiger partial charge is 0.496 e. The molecule has 1 heterocycles. The SMILES string of the molecule is C=C(C(=O)O)c1c(OC)ccnc1OC. The fourth-order valence-electron chi connectivity index (χ4n) is 1.14. The molecule has 0 aromatic carbocycles. The number of aromatic nitrogens is 1. The van der Waals surface area contributed by atoms with E-state index in [-0.39, 0.29) is 17.0 Å². The third-order valence-electron chi connectivity index (χ3n) is 1.85. The number of carboxylic acids is 1. The first-order chi connectivity index (χ1) is 7.11. The van der Waals surface area contributed by atoms with Crippen molar-refractivity contribution in [2.45, 2.75) is 0 Å². The topological polar surface area (TPSA) is 68.7 Å². The minimum Gasteiger partial charge on any atom is -0.496 e. The molecular weight excluding hydrogens is 198 g/mol. The molecule has 0 saturated carbocycles. The van der Waals surface area contributed by atoms with E-state index < -0.39 is 5.97 Å². The molecule has 0 bridgehead atoms. The van der Waals surface area contributed by atoms with Crippen molar-refractivity contribution in [3.8, 4) is 11.6 Å². The number of aliphatic carboxylic acids is 1. The van der Waals surface area contributed by atoms with Gasteiger partial charge in [0.1, 0.15) is 5.75 Å². The van der Waals surface area contributed by atoms with E-state index in [1.807, 2.05) is 0 Å². The highest BCUT2D eigenvalue weighted by atomic mass is 16.5. The zero-order chi connectivity index (χ0) is 11.4. The van der Waals surface area contributed by atoms with Crippen LogP contribution in [-0.2, 0) is 4.79 Å². The summed E-state index contributed by atoms with van der Waals surface area (Å²) >= 11 is 0. The molecule has 5 heteroatoms. The lowest BCUT2D eigenvalue weighted by Gasteiger charge is -2.11. The van der Waals surface area contributed by atoms with E-state index in [2.05, 4.69) is 11.6 Å². The lowest BCUT2D eigenvalue weighted by atomic mass is 10.1. The van der Waals surface area contributed by atoms with E-state index >= 15 is 0 Å². The predicted octanol–water partition coefficient (Wildman–Crippen LogP) is 1.20. The van der Waals surface area contributed by atoms with Gasteiger partial charge in [0.15, 0.2) is 0 Å². The van der Waals surface area contributed by atoms with Gasteiger partial charge in [0, 0.05) is 6.20 Å². The summed E-state index contributed by atoms with van der Waals surface area (Å²) in [4.78, 5) is 14.7. The molecule has 1 aromatic rings. The molecule has 0 fully saturated rings. The Labute approximate surface area is 87.0 Å². The third-order valence-corrected chi connectivity index (χ3v) is 1.85. The van der Waals surface area contributed by atoms with Gasteiger partial charge in [-0.3, -0.25) is 0 Å². The van der Waals surface area contributed by atoms with Crippen molar-refractivity contribution in [3.63, 3.8) is 0 Å². The number of ether oxygens (including phenoxy) is 2. The van der Waals surface area contributed by atoms with E-state index in [1.54, 1.807) is 6.07 Å². The van der Waals surface area contributed by atoms with Crippen LogP contribution in [0.5, 0.6) is 11.6 Å². The number of rotatable bonds is 4. The van der Waals surface area contributed by atoms with Crippen LogP contribution < -0.4 is 9.47 Å². The lowest BCUT2D eigenvalue weighted by molar-refractivity contribution is -0.130. The van der Waals surface area contributed by atoms with Crippen molar-refractivity contribution >= 4 is 11.5 Å². The van der Waals surface area contributed by atoms with Crippen LogP contribution in [0.25, 0.3) is 5.57 Å². The van der Waals surface area contributed by atoms with Gasteiger partial charge < -0.3 is 14.6 Å². The Morgan fingerprint density at radius 3 is 2.60 bits per heavy atom. The number of carboxylic acid groups (broad SMARTS) is 1. The number of methoxy groups -OCH3 is 2. The summed E-state index contributed by atoms with van der Waals surface area (Å²) in [6.45, 7) is 3.44. The fourth-order valence-corrected chi connectivity index (χ4v) is 1.14. The molecule has 0 atom stereocenters. The summed E-state index contributed by atoms with van der Waals surface area (Å²) in [5.41, 5.74) is 0.145. The van der Waals surface area contributed by atoms with Crippen molar-refractivity contribution in [1.82, 2.24) is 4.98 Å². The Hall–Kier alpha value is -2.04. The van der Waals surface area contributed by atoms with Crippen LogP contribution in [0.2, 0.25) is 0 Å². The Bertz CT molecular complexity index is 378. The van der Waals surface area contributed by atoms with Gasteiger partial charge >= 0.3 is 5.97 Å². The van der Waals surface area contributed by atoms with Crippen molar-refractivity contribution in [1.29, 1.82) is 0 Å². The number of hydrogen-bond acceptors (Lipinski definition) is 4. The van der Waals surface area contributed by atoms with Crippen LogP contribution in [0.1, 0.15) is 5.56 Å². The van der Waals surface area contributed by atoms with Gasteiger partial charge in [-0.15, -0.1) is 0 Å². The number of pyridine rings is 1. The second-order valence-electron chi connectivity index (χ2n) is 2.68. The summed E-state index contributed by atoms with van der Waals surface area (Å²) in [7, 11) is 2.84. The molecular formula is C10H11NO4. The van der Waals surface area contributed by atoms with Gasteiger partial charge in [-0.05, 0) is 6.07 Å². The molecule has 80 valence electrons. The van der Waals surface area contributed by atoms with Crippen LogP contribution in [0.15, 0.2) is 18.8 Å². The molecule has 0 aliphatic heterocycles. The summed E-state index contributed by atoms with van der Waals surface area (Å²) in [5, 5.41) is 8.84. The molecule has 1 aromatic heterocycles. The van der Waals surface area contributed by atoms with Crippen LogP contribution >= 0.6 is 0 Å². The normalized spacial score (nSPS) is 9.47. The minimum absolute atomic E-state index is 0.114. The molecule has 0 radical (unpaired) electrons. The van der Waals surface area contributed by atoms with Gasteiger partial charge in [-0.25, -0.2) is 9.78 Å². The third kappa shape index (κ3) is 2.07. The zero-order valence-corrected chi connectivity index (χ0v) is 8.48. The van der Waals surface area contributed by atoms with E-state index in [4.69, 9.17) is 14.6 Å². The molecule has 0 unspecified atom stereocenters. The second-order valence-corrected chi connectivity index (χ2v) is 2.68. The van der Waals surface area contributed by atoms with Crippen LogP contribution in [0, 0.1) is 0 Å². The molecule has 1 rings (SSSR count). The maximum atomic E-state index is 10.8. The average molecular weight is 209 g/mol. The first kappa shape index (κ1) is 11.0. The first-order valence-corrected chi connectivity index (χ1v) is 4.11. The molecule has 0 aliphatic rings. The first-order valence-electron chi connectivity index (χ1n) is 4.11. The number of nitrogens with zero attached hydrogens (tertiary/aromatic N) is 1. The Kier molecular flexibility index (Phi) is 3.28. The zero-order valence-electron chi connectivity index (χ0n) is 8.48. The van der Waals surface area contributed by atoms with Crippen molar-refractivity contribution < 1.29 is 19.4 Å². The van der Waals surface area contributed by atoms with Gasteiger partial charge in [0.2, 0.25) is 5.88 Å². The maximum Gasteiger partial charge on any atom is 0.336 e. The molecule has 0 amide bonds. The quantitative estimate of drug-likeness (QED) is 0.754. The Balaban J connectivity index is 3.34. The second kappa shape index (κ2) is 4.45. The summed E-state index contributed by atoms with van der Waals surface area (Å²) in [6, 6.07) is 1.55. The highest BCUT2D eigenvalue weighted by Crippen LogP contribution is 2.31. The summed E-state index contributed by atoms with van der Waals surface area (Å²) in [5.74, 6) is -0.587. The minimum atomic E-state index is -1.14. The highest BCUT2D eigenvalue weighted by molar-refractivity contribution is 6.16. The fraction of sp³-hybridized carbons (Fsp3) is 0.200. The lowest BCUT2D eigenvalue weighted by Crippen LogP contribution is -2.04. The average Bonchev–Trinajstić information content (AvgIpc) is 2.26.